The smallest absolute Gasteiger partial charge is 0.189 e. The molecule has 2 heterocycles. The predicted octanol–water partition coefficient (Wildman–Crippen LogP) is 1.73. The number of H-pyrrole nitrogens is 1. The Morgan fingerprint density at radius 3 is 2.70 bits per heavy atom. The third-order valence-corrected chi connectivity index (χ3v) is 4.73. The number of pyridine rings is 1. The molecule has 0 aliphatic carbocycles. The fourth-order valence-corrected chi connectivity index (χ4v) is 3.36. The van der Waals surface area contributed by atoms with Crippen molar-refractivity contribution in [3.05, 3.63) is 45.2 Å². The Labute approximate surface area is 135 Å². The van der Waals surface area contributed by atoms with E-state index in [0.29, 0.717) is 19.8 Å². The lowest BCUT2D eigenvalue weighted by Gasteiger charge is -2.28. The van der Waals surface area contributed by atoms with Crippen molar-refractivity contribution >= 4 is 10.9 Å². The van der Waals surface area contributed by atoms with Gasteiger partial charge in [-0.2, -0.15) is 0 Å². The van der Waals surface area contributed by atoms with Gasteiger partial charge in [0.05, 0.1) is 30.9 Å². The first-order valence-electron chi connectivity index (χ1n) is 8.13. The third kappa shape index (κ3) is 3.04. The van der Waals surface area contributed by atoms with Gasteiger partial charge in [-0.25, -0.2) is 0 Å². The van der Waals surface area contributed by atoms with Crippen molar-refractivity contribution in [1.29, 1.82) is 0 Å². The van der Waals surface area contributed by atoms with Crippen LogP contribution in [0.2, 0.25) is 0 Å². The first-order chi connectivity index (χ1) is 11.0. The molecule has 0 amide bonds. The van der Waals surface area contributed by atoms with E-state index in [1.807, 2.05) is 26.0 Å². The van der Waals surface area contributed by atoms with Gasteiger partial charge in [0.1, 0.15) is 0 Å². The molecule has 0 spiro atoms. The molecule has 3 rings (SSSR count). The Morgan fingerprint density at radius 2 is 2.04 bits per heavy atom. The number of rotatable bonds is 4. The summed E-state index contributed by atoms with van der Waals surface area (Å²) in [6.07, 6.45) is -0.467. The molecule has 2 aromatic rings. The molecule has 23 heavy (non-hydrogen) atoms. The Hall–Kier alpha value is -1.69. The average Bonchev–Trinajstić information content (AvgIpc) is 2.94. The quantitative estimate of drug-likeness (QED) is 0.901. The van der Waals surface area contributed by atoms with Crippen LogP contribution in [0.15, 0.2) is 23.0 Å². The van der Waals surface area contributed by atoms with Crippen LogP contribution < -0.4 is 5.43 Å². The molecule has 1 aliphatic heterocycles. The number of ether oxygens (including phenoxy) is 1. The normalized spacial score (nSPS) is 21.4. The molecule has 2 atom stereocenters. The molecule has 0 saturated carbocycles. The van der Waals surface area contributed by atoms with Crippen LogP contribution in [0.1, 0.15) is 23.7 Å². The van der Waals surface area contributed by atoms with Gasteiger partial charge in [-0.1, -0.05) is 19.1 Å². The number of nitrogens with zero attached hydrogens (tertiary/aromatic N) is 1. The molecule has 1 aliphatic rings. The number of likely N-dealkylation sites (N-methyl/N-ethyl adjacent to an activating group) is 1. The monoisotopic (exact) mass is 316 g/mol. The molecule has 0 radical (unpaired) electrons. The van der Waals surface area contributed by atoms with Gasteiger partial charge in [-0.3, -0.25) is 9.69 Å². The molecule has 124 valence electrons. The maximum atomic E-state index is 12.5. The molecular formula is C18H24N2O3. The van der Waals surface area contributed by atoms with Crippen molar-refractivity contribution in [3.8, 4) is 0 Å². The van der Waals surface area contributed by atoms with Crippen molar-refractivity contribution < 1.29 is 9.84 Å². The molecule has 5 heteroatoms. The van der Waals surface area contributed by atoms with Crippen molar-refractivity contribution in [2.45, 2.75) is 39.5 Å². The topological polar surface area (TPSA) is 65.6 Å². The van der Waals surface area contributed by atoms with E-state index in [9.17, 15) is 9.90 Å². The second-order valence-corrected chi connectivity index (χ2v) is 6.34. The molecule has 1 saturated heterocycles. The molecule has 1 fully saturated rings. The minimum atomic E-state index is -0.467. The molecule has 0 unspecified atom stereocenters. The summed E-state index contributed by atoms with van der Waals surface area (Å²) < 4.78 is 5.36. The number of aliphatic hydroxyl groups is 1. The van der Waals surface area contributed by atoms with E-state index in [0.717, 1.165) is 34.3 Å². The second-order valence-electron chi connectivity index (χ2n) is 6.34. The molecule has 1 aromatic heterocycles. The Bertz CT molecular complexity index is 769. The largest absolute Gasteiger partial charge is 0.389 e. The second kappa shape index (κ2) is 6.43. The maximum Gasteiger partial charge on any atom is 0.189 e. The SMILES string of the molecule is CCN(Cc1cc(=O)c2c(C)ccc(C)c2[nH]1)[C@H]1COC[C@@H]1O. The fraction of sp³-hybridized carbons (Fsp3) is 0.500. The number of hydrogen-bond donors (Lipinski definition) is 2. The summed E-state index contributed by atoms with van der Waals surface area (Å²) in [6.45, 7) is 8.32. The van der Waals surface area contributed by atoms with Crippen molar-refractivity contribution in [2.24, 2.45) is 0 Å². The van der Waals surface area contributed by atoms with Crippen LogP contribution in [0.25, 0.3) is 10.9 Å². The Balaban J connectivity index is 1.97. The number of fused-ring (bicyclic) bond motifs is 1. The van der Waals surface area contributed by atoms with Gasteiger partial charge >= 0.3 is 0 Å². The van der Waals surface area contributed by atoms with Gasteiger partial charge in [0, 0.05) is 23.7 Å². The third-order valence-electron chi connectivity index (χ3n) is 4.73. The fourth-order valence-electron chi connectivity index (χ4n) is 3.36. The molecular weight excluding hydrogens is 292 g/mol. The summed E-state index contributed by atoms with van der Waals surface area (Å²) in [6, 6.07) is 5.68. The summed E-state index contributed by atoms with van der Waals surface area (Å²) in [7, 11) is 0. The summed E-state index contributed by atoms with van der Waals surface area (Å²) in [5.74, 6) is 0. The maximum absolute atomic E-state index is 12.5. The minimum Gasteiger partial charge on any atom is -0.389 e. The first-order valence-corrected chi connectivity index (χ1v) is 8.13. The van der Waals surface area contributed by atoms with Crippen LogP contribution in [0, 0.1) is 13.8 Å². The predicted molar refractivity (Wildman–Crippen MR) is 90.7 cm³/mol. The van der Waals surface area contributed by atoms with Crippen molar-refractivity contribution in [2.75, 3.05) is 19.8 Å². The highest BCUT2D eigenvalue weighted by Gasteiger charge is 2.31. The number of aromatic nitrogens is 1. The van der Waals surface area contributed by atoms with Gasteiger partial charge < -0.3 is 14.8 Å². The number of nitrogens with one attached hydrogen (secondary N) is 1. The minimum absolute atomic E-state index is 0.0159. The van der Waals surface area contributed by atoms with E-state index in [1.165, 1.54) is 0 Å². The molecule has 2 N–H and O–H groups in total. The molecule has 0 bridgehead atoms. The van der Waals surface area contributed by atoms with Gasteiger partial charge in [-0.15, -0.1) is 0 Å². The number of benzene rings is 1. The van der Waals surface area contributed by atoms with Crippen molar-refractivity contribution in [3.63, 3.8) is 0 Å². The Kier molecular flexibility index (Phi) is 4.53. The lowest BCUT2D eigenvalue weighted by atomic mass is 10.0. The number of aromatic amines is 1. The lowest BCUT2D eigenvalue weighted by Crippen LogP contribution is -2.42. The van der Waals surface area contributed by atoms with E-state index >= 15 is 0 Å². The van der Waals surface area contributed by atoms with E-state index in [2.05, 4.69) is 16.8 Å². The summed E-state index contributed by atoms with van der Waals surface area (Å²) in [5.41, 5.74) is 3.89. The molecule has 5 nitrogen and oxygen atoms in total. The van der Waals surface area contributed by atoms with E-state index < -0.39 is 6.10 Å². The number of hydrogen-bond acceptors (Lipinski definition) is 4. The van der Waals surface area contributed by atoms with Crippen LogP contribution in [-0.4, -0.2) is 46.9 Å². The van der Waals surface area contributed by atoms with Gasteiger partial charge in [0.2, 0.25) is 0 Å². The van der Waals surface area contributed by atoms with Crippen LogP contribution in [0.5, 0.6) is 0 Å². The van der Waals surface area contributed by atoms with E-state index in [-0.39, 0.29) is 11.5 Å². The van der Waals surface area contributed by atoms with Crippen LogP contribution in [0.3, 0.4) is 0 Å². The summed E-state index contributed by atoms with van der Waals surface area (Å²) in [5, 5.41) is 10.8. The van der Waals surface area contributed by atoms with E-state index in [1.54, 1.807) is 6.07 Å². The van der Waals surface area contributed by atoms with Gasteiger partial charge in [0.15, 0.2) is 5.43 Å². The highest BCUT2D eigenvalue weighted by molar-refractivity contribution is 5.84. The van der Waals surface area contributed by atoms with Crippen LogP contribution >= 0.6 is 0 Å². The van der Waals surface area contributed by atoms with Gasteiger partial charge in [0.25, 0.3) is 0 Å². The van der Waals surface area contributed by atoms with E-state index in [4.69, 9.17) is 4.74 Å². The zero-order valence-electron chi connectivity index (χ0n) is 13.9. The van der Waals surface area contributed by atoms with Crippen molar-refractivity contribution in [1.82, 2.24) is 9.88 Å². The first kappa shape index (κ1) is 16.2. The molecule has 1 aromatic carbocycles. The van der Waals surface area contributed by atoms with Crippen LogP contribution in [0.4, 0.5) is 0 Å². The van der Waals surface area contributed by atoms with Crippen LogP contribution in [-0.2, 0) is 11.3 Å². The summed E-state index contributed by atoms with van der Waals surface area (Å²) >= 11 is 0. The Morgan fingerprint density at radius 1 is 1.30 bits per heavy atom. The standard InChI is InChI=1S/C18H24N2O3/c1-4-20(14-9-23-10-16(14)22)8-13-7-15(21)17-11(2)5-6-12(3)18(17)19-13/h5-7,14,16,22H,4,8-10H2,1-3H3,(H,19,21)/t14-,16-/m0/s1. The van der Waals surface area contributed by atoms with Gasteiger partial charge in [-0.05, 0) is 31.5 Å². The highest BCUT2D eigenvalue weighted by atomic mass is 16.5. The lowest BCUT2D eigenvalue weighted by molar-refractivity contribution is 0.0802. The zero-order chi connectivity index (χ0) is 16.6. The highest BCUT2D eigenvalue weighted by Crippen LogP contribution is 2.19. The average molecular weight is 316 g/mol. The zero-order valence-corrected chi connectivity index (χ0v) is 13.9. The number of aryl methyl sites for hydroxylation is 2. The number of aliphatic hydroxyl groups excluding tert-OH is 1. The summed E-state index contributed by atoms with van der Waals surface area (Å²) in [4.78, 5) is 18.1.